The lowest BCUT2D eigenvalue weighted by molar-refractivity contribution is -0.0302. The van der Waals surface area contributed by atoms with E-state index in [-0.39, 0.29) is 19.1 Å². The van der Waals surface area contributed by atoms with E-state index in [1.54, 1.807) is 11.3 Å². The molecular formula is C21H15ClN2O3S. The summed E-state index contributed by atoms with van der Waals surface area (Å²) in [4.78, 5) is 1.14. The van der Waals surface area contributed by atoms with Crippen molar-refractivity contribution < 1.29 is 14.2 Å². The van der Waals surface area contributed by atoms with Crippen molar-refractivity contribution in [2.75, 3.05) is 6.79 Å². The minimum Gasteiger partial charge on any atom is -0.468 e. The van der Waals surface area contributed by atoms with Crippen molar-refractivity contribution in [3.8, 4) is 17.2 Å². The number of rotatable bonds is 2. The first-order valence-electron chi connectivity index (χ1n) is 8.93. The number of ether oxygens (including phenoxy) is 3. The molecule has 1 N–H and O–H groups in total. The summed E-state index contributed by atoms with van der Waals surface area (Å²) in [6.07, 6.45) is 1.98. The molecule has 0 bridgehead atoms. The number of benzene rings is 2. The van der Waals surface area contributed by atoms with E-state index in [1.807, 2.05) is 42.5 Å². The van der Waals surface area contributed by atoms with Gasteiger partial charge < -0.3 is 19.6 Å². The van der Waals surface area contributed by atoms with Crippen molar-refractivity contribution in [2.24, 2.45) is 0 Å². The monoisotopic (exact) mass is 410 g/mol. The molecule has 1 aromatic heterocycles. The summed E-state index contributed by atoms with van der Waals surface area (Å²) >= 11 is 7.95. The second-order valence-electron chi connectivity index (χ2n) is 6.78. The zero-order valence-electron chi connectivity index (χ0n) is 14.6. The van der Waals surface area contributed by atoms with Crippen molar-refractivity contribution in [1.29, 1.82) is 0 Å². The summed E-state index contributed by atoms with van der Waals surface area (Å²) in [7, 11) is 0. The number of fused-ring (bicyclic) bond motifs is 4. The van der Waals surface area contributed by atoms with Gasteiger partial charge >= 0.3 is 0 Å². The number of hydrazine groups is 1. The maximum Gasteiger partial charge on any atom is 0.231 e. The number of hydrogen-bond acceptors (Lipinski definition) is 6. The van der Waals surface area contributed by atoms with Crippen LogP contribution in [-0.4, -0.2) is 11.8 Å². The third-order valence-corrected chi connectivity index (χ3v) is 6.26. The zero-order chi connectivity index (χ0) is 18.7. The van der Waals surface area contributed by atoms with Gasteiger partial charge in [-0.1, -0.05) is 17.7 Å². The third-order valence-electron chi connectivity index (χ3n) is 5.13. The highest BCUT2D eigenvalue weighted by Gasteiger charge is 2.40. The van der Waals surface area contributed by atoms with Gasteiger partial charge in [-0.3, -0.25) is 0 Å². The molecule has 0 aliphatic carbocycles. The van der Waals surface area contributed by atoms with Gasteiger partial charge in [-0.25, -0.2) is 0 Å². The van der Waals surface area contributed by atoms with E-state index >= 15 is 0 Å². The van der Waals surface area contributed by atoms with Gasteiger partial charge in [-0.05, 0) is 53.9 Å². The summed E-state index contributed by atoms with van der Waals surface area (Å²) in [5, 5.41) is 4.89. The summed E-state index contributed by atoms with van der Waals surface area (Å²) in [6, 6.07) is 15.9. The predicted molar refractivity (Wildman–Crippen MR) is 107 cm³/mol. The van der Waals surface area contributed by atoms with Crippen LogP contribution < -0.4 is 19.6 Å². The van der Waals surface area contributed by atoms with Crippen LogP contribution in [-0.2, 0) is 0 Å². The van der Waals surface area contributed by atoms with Crippen molar-refractivity contribution in [3.63, 3.8) is 0 Å². The number of nitrogens with one attached hydrogen (secondary N) is 1. The Kier molecular flexibility index (Phi) is 3.59. The Morgan fingerprint density at radius 3 is 2.82 bits per heavy atom. The van der Waals surface area contributed by atoms with Gasteiger partial charge in [-0.15, -0.1) is 11.3 Å². The smallest absolute Gasteiger partial charge is 0.231 e. The molecule has 4 heterocycles. The van der Waals surface area contributed by atoms with Crippen LogP contribution in [0.5, 0.6) is 17.2 Å². The van der Waals surface area contributed by atoms with Gasteiger partial charge in [0.2, 0.25) is 13.0 Å². The lowest BCUT2D eigenvalue weighted by atomic mass is 10.0. The SMILES string of the molecule is Clc1ccc2c(c1)[C@@H]1C=C(c3ccc4c(c3)OCO4)NN1[C@H](c1cccs1)O2. The molecule has 0 unspecified atom stereocenters. The standard InChI is InChI=1S/C21H15ClN2O3S/c22-13-4-6-17-14(9-13)16-10-15(12-3-5-18-19(8-12)26-11-25-18)23-24(16)21(27-17)20-2-1-7-28-20/h1-10,16,21,23H,11H2/t16-,21-/m0/s1. The average Bonchev–Trinajstić information content (AvgIpc) is 3.46. The molecule has 0 saturated carbocycles. The molecule has 0 amide bonds. The Labute approximate surface area is 170 Å². The van der Waals surface area contributed by atoms with Gasteiger partial charge in [0.15, 0.2) is 11.5 Å². The fraction of sp³-hybridized carbons (Fsp3) is 0.143. The molecule has 3 aromatic rings. The maximum absolute atomic E-state index is 6.34. The van der Waals surface area contributed by atoms with Gasteiger partial charge in [0.25, 0.3) is 0 Å². The molecule has 3 aliphatic rings. The first-order chi connectivity index (χ1) is 13.8. The summed E-state index contributed by atoms with van der Waals surface area (Å²) in [5.74, 6) is 2.39. The van der Waals surface area contributed by atoms with Crippen LogP contribution in [0.15, 0.2) is 60.0 Å². The fourth-order valence-corrected chi connectivity index (χ4v) is 4.74. The normalized spacial score (nSPS) is 22.1. The van der Waals surface area contributed by atoms with Crippen LogP contribution in [0.4, 0.5) is 0 Å². The first kappa shape index (κ1) is 16.3. The number of hydrogen-bond donors (Lipinski definition) is 1. The number of thiophene rings is 1. The van der Waals surface area contributed by atoms with Gasteiger partial charge in [0.1, 0.15) is 5.75 Å². The fourth-order valence-electron chi connectivity index (χ4n) is 3.81. The molecule has 0 saturated heterocycles. The van der Waals surface area contributed by atoms with E-state index in [4.69, 9.17) is 25.8 Å². The lowest BCUT2D eigenvalue weighted by Crippen LogP contribution is -2.42. The van der Waals surface area contributed by atoms with Crippen LogP contribution >= 0.6 is 22.9 Å². The quantitative estimate of drug-likeness (QED) is 0.634. The Morgan fingerprint density at radius 2 is 1.93 bits per heavy atom. The molecule has 0 fully saturated rings. The zero-order valence-corrected chi connectivity index (χ0v) is 16.2. The van der Waals surface area contributed by atoms with Crippen LogP contribution in [0.25, 0.3) is 5.70 Å². The molecule has 2 atom stereocenters. The van der Waals surface area contributed by atoms with Crippen LogP contribution in [0.1, 0.15) is 28.3 Å². The van der Waals surface area contributed by atoms with E-state index in [1.165, 1.54) is 0 Å². The Morgan fingerprint density at radius 1 is 1.04 bits per heavy atom. The van der Waals surface area contributed by atoms with Crippen LogP contribution in [0, 0.1) is 0 Å². The third kappa shape index (κ3) is 2.49. The minimum atomic E-state index is -0.221. The largest absolute Gasteiger partial charge is 0.468 e. The molecule has 3 aliphatic heterocycles. The van der Waals surface area contributed by atoms with Gasteiger partial charge in [0.05, 0.1) is 16.6 Å². The van der Waals surface area contributed by atoms with E-state index in [2.05, 4.69) is 28.0 Å². The van der Waals surface area contributed by atoms with Crippen molar-refractivity contribution in [2.45, 2.75) is 12.3 Å². The molecule has 28 heavy (non-hydrogen) atoms. The second-order valence-corrected chi connectivity index (χ2v) is 8.20. The molecule has 0 radical (unpaired) electrons. The molecular weight excluding hydrogens is 396 g/mol. The summed E-state index contributed by atoms with van der Waals surface area (Å²) in [5.41, 5.74) is 6.62. The summed E-state index contributed by atoms with van der Waals surface area (Å²) in [6.45, 7) is 0.264. The Hall–Kier alpha value is -2.67. The van der Waals surface area contributed by atoms with E-state index < -0.39 is 0 Å². The van der Waals surface area contributed by atoms with Crippen LogP contribution in [0.2, 0.25) is 5.02 Å². The highest BCUT2D eigenvalue weighted by Crippen LogP contribution is 2.47. The van der Waals surface area contributed by atoms with Crippen molar-refractivity contribution >= 4 is 28.6 Å². The Balaban J connectivity index is 1.44. The van der Waals surface area contributed by atoms with E-state index in [0.29, 0.717) is 5.02 Å². The van der Waals surface area contributed by atoms with Gasteiger partial charge in [-0.2, -0.15) is 5.01 Å². The Bertz CT molecular complexity index is 1100. The molecule has 5 nitrogen and oxygen atoms in total. The number of nitrogens with zero attached hydrogens (tertiary/aromatic N) is 1. The van der Waals surface area contributed by atoms with Crippen LogP contribution in [0.3, 0.4) is 0 Å². The topological polar surface area (TPSA) is 43.0 Å². The lowest BCUT2D eigenvalue weighted by Gasteiger charge is -2.38. The molecule has 0 spiro atoms. The highest BCUT2D eigenvalue weighted by molar-refractivity contribution is 7.10. The van der Waals surface area contributed by atoms with Crippen molar-refractivity contribution in [3.05, 3.63) is 81.0 Å². The van der Waals surface area contributed by atoms with E-state index in [9.17, 15) is 0 Å². The maximum atomic E-state index is 6.34. The number of halogens is 1. The average molecular weight is 411 g/mol. The molecule has 2 aromatic carbocycles. The summed E-state index contributed by atoms with van der Waals surface area (Å²) < 4.78 is 17.3. The minimum absolute atomic E-state index is 0.00923. The van der Waals surface area contributed by atoms with Gasteiger partial charge in [0, 0.05) is 16.1 Å². The first-order valence-corrected chi connectivity index (χ1v) is 10.2. The van der Waals surface area contributed by atoms with Crippen molar-refractivity contribution in [1.82, 2.24) is 10.4 Å². The molecule has 7 heteroatoms. The highest BCUT2D eigenvalue weighted by atomic mass is 35.5. The molecule has 140 valence electrons. The van der Waals surface area contributed by atoms with E-state index in [0.717, 1.165) is 38.9 Å². The predicted octanol–water partition coefficient (Wildman–Crippen LogP) is 5.12. The second kappa shape index (κ2) is 6.17. The molecule has 6 rings (SSSR count).